The molecule has 1 fully saturated rings. The van der Waals surface area contributed by atoms with Gasteiger partial charge in [-0.2, -0.15) is 0 Å². The summed E-state index contributed by atoms with van der Waals surface area (Å²) < 4.78 is 13.9. The third kappa shape index (κ3) is 3.45. The molecule has 1 aromatic carbocycles. The largest absolute Gasteiger partial charge is 0.480 e. The first-order valence-corrected chi connectivity index (χ1v) is 6.89. The molecule has 3 nitrogen and oxygen atoms in total. The first-order chi connectivity index (χ1) is 9.09. The van der Waals surface area contributed by atoms with E-state index >= 15 is 0 Å². The fourth-order valence-corrected chi connectivity index (χ4v) is 2.72. The van der Waals surface area contributed by atoms with Gasteiger partial charge in [0.15, 0.2) is 0 Å². The van der Waals surface area contributed by atoms with Crippen molar-refractivity contribution >= 4 is 17.6 Å². The molecule has 0 saturated carbocycles. The van der Waals surface area contributed by atoms with Crippen LogP contribution in [0.3, 0.4) is 0 Å². The number of carboxylic acid groups (broad SMARTS) is 1. The highest BCUT2D eigenvalue weighted by Gasteiger charge is 2.30. The van der Waals surface area contributed by atoms with E-state index in [9.17, 15) is 14.3 Å². The minimum atomic E-state index is -1.01. The van der Waals surface area contributed by atoms with Crippen LogP contribution in [-0.4, -0.2) is 29.1 Å². The lowest BCUT2D eigenvalue weighted by Crippen LogP contribution is -2.35. The highest BCUT2D eigenvalue weighted by atomic mass is 35.5. The van der Waals surface area contributed by atoms with Gasteiger partial charge in [0.1, 0.15) is 11.9 Å². The molecule has 0 spiro atoms. The van der Waals surface area contributed by atoms with Crippen molar-refractivity contribution < 1.29 is 14.3 Å². The Morgan fingerprint density at radius 3 is 2.42 bits per heavy atom. The van der Waals surface area contributed by atoms with Crippen LogP contribution < -0.4 is 0 Å². The normalized spacial score (nSPS) is 18.8. The van der Waals surface area contributed by atoms with Crippen molar-refractivity contribution in [3.8, 4) is 0 Å². The molecule has 0 amide bonds. The predicted molar refractivity (Wildman–Crippen MR) is 71.8 cm³/mol. The third-order valence-corrected chi connectivity index (χ3v) is 3.73. The molecule has 104 valence electrons. The molecule has 5 heteroatoms. The second-order valence-corrected chi connectivity index (χ2v) is 5.29. The van der Waals surface area contributed by atoms with Crippen LogP contribution in [0.5, 0.6) is 0 Å². The average Bonchev–Trinajstić information content (AvgIpc) is 2.61. The zero-order valence-electron chi connectivity index (χ0n) is 10.6. The SMILES string of the molecule is O=C(O)C(c1ccc(Cl)cc1F)N1CCCCCC1. The van der Waals surface area contributed by atoms with Crippen LogP contribution in [0.1, 0.15) is 37.3 Å². The van der Waals surface area contributed by atoms with Gasteiger partial charge in [-0.25, -0.2) is 4.39 Å². The summed E-state index contributed by atoms with van der Waals surface area (Å²) in [6.07, 6.45) is 4.12. The molecular weight excluding hydrogens is 269 g/mol. The molecule has 1 heterocycles. The van der Waals surface area contributed by atoms with E-state index in [1.54, 1.807) is 0 Å². The third-order valence-electron chi connectivity index (χ3n) is 3.50. The maximum atomic E-state index is 13.9. The first-order valence-electron chi connectivity index (χ1n) is 6.51. The molecule has 0 bridgehead atoms. The van der Waals surface area contributed by atoms with E-state index < -0.39 is 17.8 Å². The second kappa shape index (κ2) is 6.35. The maximum absolute atomic E-state index is 13.9. The molecule has 2 rings (SSSR count). The summed E-state index contributed by atoms with van der Waals surface area (Å²) in [5.41, 5.74) is 0.193. The number of hydrogen-bond acceptors (Lipinski definition) is 2. The monoisotopic (exact) mass is 285 g/mol. The Hall–Kier alpha value is -1.13. The number of likely N-dealkylation sites (tertiary alicyclic amines) is 1. The van der Waals surface area contributed by atoms with E-state index in [1.807, 2.05) is 4.90 Å². The van der Waals surface area contributed by atoms with Crippen LogP contribution in [0.15, 0.2) is 18.2 Å². The number of carboxylic acids is 1. The fourth-order valence-electron chi connectivity index (χ4n) is 2.56. The molecule has 0 aromatic heterocycles. The number of halogens is 2. The van der Waals surface area contributed by atoms with Gasteiger partial charge in [0.25, 0.3) is 0 Å². The van der Waals surface area contributed by atoms with Crippen molar-refractivity contribution in [3.63, 3.8) is 0 Å². The van der Waals surface area contributed by atoms with Crippen LogP contribution in [-0.2, 0) is 4.79 Å². The Kier molecular flexibility index (Phi) is 4.77. The van der Waals surface area contributed by atoms with Gasteiger partial charge in [-0.1, -0.05) is 30.5 Å². The number of rotatable bonds is 3. The van der Waals surface area contributed by atoms with Gasteiger partial charge in [0.2, 0.25) is 0 Å². The Balaban J connectivity index is 2.30. The molecule has 1 aliphatic rings. The van der Waals surface area contributed by atoms with Gasteiger partial charge in [-0.3, -0.25) is 9.69 Å². The fraction of sp³-hybridized carbons (Fsp3) is 0.500. The van der Waals surface area contributed by atoms with E-state index in [4.69, 9.17) is 11.6 Å². The smallest absolute Gasteiger partial charge is 0.325 e. The van der Waals surface area contributed by atoms with Crippen molar-refractivity contribution in [3.05, 3.63) is 34.6 Å². The lowest BCUT2D eigenvalue weighted by molar-refractivity contribution is -0.143. The predicted octanol–water partition coefficient (Wildman–Crippen LogP) is 3.48. The minimum absolute atomic E-state index is 0.193. The standard InChI is InChI=1S/C14H17ClFNO2/c15-10-5-6-11(12(16)9-10)13(14(18)19)17-7-3-1-2-4-8-17/h5-6,9,13H,1-4,7-8H2,(H,18,19). The summed E-state index contributed by atoms with van der Waals surface area (Å²) in [4.78, 5) is 13.4. The van der Waals surface area contributed by atoms with Gasteiger partial charge in [0, 0.05) is 10.6 Å². The van der Waals surface area contributed by atoms with Gasteiger partial charge in [-0.15, -0.1) is 0 Å². The number of nitrogens with zero attached hydrogens (tertiary/aromatic N) is 1. The first kappa shape index (κ1) is 14.3. The van der Waals surface area contributed by atoms with Crippen molar-refractivity contribution in [2.24, 2.45) is 0 Å². The van der Waals surface area contributed by atoms with Crippen LogP contribution in [0.25, 0.3) is 0 Å². The molecule has 1 N–H and O–H groups in total. The highest BCUT2D eigenvalue weighted by molar-refractivity contribution is 6.30. The summed E-state index contributed by atoms with van der Waals surface area (Å²) in [5, 5.41) is 9.70. The summed E-state index contributed by atoms with van der Waals surface area (Å²) in [6.45, 7) is 1.39. The van der Waals surface area contributed by atoms with E-state index in [1.165, 1.54) is 18.2 Å². The molecule has 1 unspecified atom stereocenters. The van der Waals surface area contributed by atoms with Crippen LogP contribution >= 0.6 is 11.6 Å². The van der Waals surface area contributed by atoms with Gasteiger partial charge in [-0.05, 0) is 38.1 Å². The topological polar surface area (TPSA) is 40.5 Å². The molecule has 0 aliphatic carbocycles. The zero-order chi connectivity index (χ0) is 13.8. The summed E-state index contributed by atoms with van der Waals surface area (Å²) >= 11 is 5.71. The lowest BCUT2D eigenvalue weighted by Gasteiger charge is -2.27. The van der Waals surface area contributed by atoms with Crippen molar-refractivity contribution in [1.29, 1.82) is 0 Å². The molecule has 1 aromatic rings. The molecular formula is C14H17ClFNO2. The van der Waals surface area contributed by atoms with E-state index in [0.29, 0.717) is 13.1 Å². The summed E-state index contributed by atoms with van der Waals surface area (Å²) in [5.74, 6) is -1.56. The Morgan fingerprint density at radius 1 is 1.26 bits per heavy atom. The number of hydrogen-bond donors (Lipinski definition) is 1. The van der Waals surface area contributed by atoms with E-state index in [2.05, 4.69) is 0 Å². The van der Waals surface area contributed by atoms with E-state index in [0.717, 1.165) is 25.7 Å². The summed E-state index contributed by atoms with van der Waals surface area (Å²) in [6, 6.07) is 3.26. The second-order valence-electron chi connectivity index (χ2n) is 4.86. The maximum Gasteiger partial charge on any atom is 0.325 e. The van der Waals surface area contributed by atoms with Crippen molar-refractivity contribution in [1.82, 2.24) is 4.90 Å². The van der Waals surface area contributed by atoms with Gasteiger partial charge >= 0.3 is 5.97 Å². The number of carbonyl (C=O) groups is 1. The minimum Gasteiger partial charge on any atom is -0.480 e. The molecule has 1 saturated heterocycles. The van der Waals surface area contributed by atoms with Crippen LogP contribution in [0.2, 0.25) is 5.02 Å². The number of aliphatic carboxylic acids is 1. The highest BCUT2D eigenvalue weighted by Crippen LogP contribution is 2.28. The Bertz CT molecular complexity index is 459. The Morgan fingerprint density at radius 2 is 1.89 bits per heavy atom. The van der Waals surface area contributed by atoms with Crippen molar-refractivity contribution in [2.75, 3.05) is 13.1 Å². The quantitative estimate of drug-likeness (QED) is 0.924. The Labute approximate surface area is 117 Å². The summed E-state index contributed by atoms with van der Waals surface area (Å²) in [7, 11) is 0. The number of benzene rings is 1. The lowest BCUT2D eigenvalue weighted by atomic mass is 10.0. The molecule has 0 radical (unpaired) electrons. The van der Waals surface area contributed by atoms with Crippen LogP contribution in [0.4, 0.5) is 4.39 Å². The zero-order valence-corrected chi connectivity index (χ0v) is 11.4. The molecule has 1 aliphatic heterocycles. The van der Waals surface area contributed by atoms with Crippen LogP contribution in [0, 0.1) is 5.82 Å². The van der Waals surface area contributed by atoms with Gasteiger partial charge < -0.3 is 5.11 Å². The van der Waals surface area contributed by atoms with Gasteiger partial charge in [0.05, 0.1) is 0 Å². The average molecular weight is 286 g/mol. The van der Waals surface area contributed by atoms with E-state index in [-0.39, 0.29) is 10.6 Å². The molecule has 19 heavy (non-hydrogen) atoms. The molecule has 1 atom stereocenters. The van der Waals surface area contributed by atoms with Crippen molar-refractivity contribution in [2.45, 2.75) is 31.7 Å².